The van der Waals surface area contributed by atoms with Gasteiger partial charge in [0.05, 0.1) is 11.4 Å². The van der Waals surface area contributed by atoms with Crippen molar-refractivity contribution >= 4 is 77.3 Å². The predicted molar refractivity (Wildman–Crippen MR) is 242 cm³/mol. The van der Waals surface area contributed by atoms with Crippen LogP contribution in [0.5, 0.6) is 0 Å². The number of aromatic nitrogens is 1. The molecule has 0 saturated heterocycles. The quantitative estimate of drug-likeness (QED) is 0.125. The van der Waals surface area contributed by atoms with Crippen molar-refractivity contribution < 1.29 is 0 Å². The van der Waals surface area contributed by atoms with Crippen LogP contribution in [0.4, 0.5) is 34.3 Å². The van der Waals surface area contributed by atoms with E-state index in [0.717, 1.165) is 28.6 Å². The number of rotatable bonds is 6. The van der Waals surface area contributed by atoms with Crippen LogP contribution in [-0.4, -0.2) is 4.98 Å². The molecule has 0 radical (unpaired) electrons. The summed E-state index contributed by atoms with van der Waals surface area (Å²) in [6, 6.07) is 62.3. The SMILES string of the molecule is Cc1cc(N(c2ccccc2)c2ccc3c(c2)C(C)(C)c2ccccc2-3)c2c3ccccc3c3c(N(c4ccccc4)c4ccccn4)cc(C)c4ccc1c2c43. The number of fused-ring (bicyclic) bond motifs is 6. The Hall–Kier alpha value is -6.97. The van der Waals surface area contributed by atoms with Crippen molar-refractivity contribution in [3.05, 3.63) is 198 Å². The molecule has 1 aliphatic carbocycles. The maximum Gasteiger partial charge on any atom is 0.137 e. The first kappa shape index (κ1) is 33.4. The molecule has 0 spiro atoms. The molecule has 57 heavy (non-hydrogen) atoms. The minimum atomic E-state index is -0.123. The first-order valence-electron chi connectivity index (χ1n) is 19.9. The zero-order valence-corrected chi connectivity index (χ0v) is 32.6. The van der Waals surface area contributed by atoms with Gasteiger partial charge in [-0.15, -0.1) is 0 Å². The molecule has 0 saturated carbocycles. The first-order chi connectivity index (χ1) is 27.9. The molecule has 0 atom stereocenters. The van der Waals surface area contributed by atoms with Crippen LogP contribution in [-0.2, 0) is 5.41 Å². The first-order valence-corrected chi connectivity index (χ1v) is 19.9. The highest BCUT2D eigenvalue weighted by Crippen LogP contribution is 2.54. The topological polar surface area (TPSA) is 19.4 Å². The second-order valence-corrected chi connectivity index (χ2v) is 16.1. The number of benzene rings is 9. The van der Waals surface area contributed by atoms with Crippen molar-refractivity contribution in [1.29, 1.82) is 0 Å². The van der Waals surface area contributed by atoms with Gasteiger partial charge in [-0.05, 0) is 129 Å². The van der Waals surface area contributed by atoms with E-state index < -0.39 is 0 Å². The lowest BCUT2D eigenvalue weighted by Crippen LogP contribution is -2.17. The van der Waals surface area contributed by atoms with Crippen molar-refractivity contribution in [1.82, 2.24) is 4.98 Å². The number of aryl methyl sites for hydroxylation is 2. The molecule has 0 unspecified atom stereocenters. The fraction of sp³-hybridized carbons (Fsp3) is 0.0926. The molecular weight excluding hydrogens is 691 g/mol. The van der Waals surface area contributed by atoms with Crippen LogP contribution in [0, 0.1) is 13.8 Å². The maximum absolute atomic E-state index is 4.94. The van der Waals surface area contributed by atoms with E-state index in [4.69, 9.17) is 4.98 Å². The average molecular weight is 732 g/mol. The standard InChI is InChI=1S/C54H41N3/c1-34-31-47(56(36-17-7-5-8-18-36)38-26-27-42-41-21-13-14-24-45(41)54(3,4)46(42)33-38)50-43-22-11-12-23-44(43)51-48(32-35(2)40-29-28-39(34)52(50)53(40)51)57(37-19-9-6-10-20-37)49-25-15-16-30-55-49/h5-33H,1-4H3. The van der Waals surface area contributed by atoms with Gasteiger partial charge in [-0.25, -0.2) is 4.98 Å². The summed E-state index contributed by atoms with van der Waals surface area (Å²) in [6.45, 7) is 9.27. The Morgan fingerprint density at radius 3 is 1.54 bits per heavy atom. The molecule has 0 bridgehead atoms. The fourth-order valence-corrected chi connectivity index (χ4v) is 9.86. The van der Waals surface area contributed by atoms with Gasteiger partial charge in [-0.3, -0.25) is 4.90 Å². The van der Waals surface area contributed by atoms with Crippen LogP contribution in [0.1, 0.15) is 36.1 Å². The molecule has 3 heteroatoms. The number of anilines is 6. The zero-order chi connectivity index (χ0) is 38.4. The summed E-state index contributed by atoms with van der Waals surface area (Å²) in [5.74, 6) is 0.885. The van der Waals surface area contributed by atoms with Gasteiger partial charge in [0, 0.05) is 50.2 Å². The summed E-state index contributed by atoms with van der Waals surface area (Å²) >= 11 is 0. The van der Waals surface area contributed by atoms with Crippen molar-refractivity contribution in [2.45, 2.75) is 33.1 Å². The highest BCUT2D eigenvalue weighted by molar-refractivity contribution is 6.39. The van der Waals surface area contributed by atoms with Crippen molar-refractivity contribution in [2.24, 2.45) is 0 Å². The van der Waals surface area contributed by atoms with Crippen LogP contribution in [0.15, 0.2) is 176 Å². The molecule has 11 rings (SSSR count). The van der Waals surface area contributed by atoms with E-state index in [2.05, 4.69) is 201 Å². The van der Waals surface area contributed by atoms with E-state index >= 15 is 0 Å². The summed E-state index contributed by atoms with van der Waals surface area (Å²) in [7, 11) is 0. The zero-order valence-electron chi connectivity index (χ0n) is 32.6. The van der Waals surface area contributed by atoms with Crippen LogP contribution >= 0.6 is 0 Å². The summed E-state index contributed by atoms with van der Waals surface area (Å²) in [6.07, 6.45) is 1.89. The summed E-state index contributed by atoms with van der Waals surface area (Å²) in [5, 5.41) is 10.1. The smallest absolute Gasteiger partial charge is 0.137 e. The van der Waals surface area contributed by atoms with E-state index in [9.17, 15) is 0 Å². The normalized spacial score (nSPS) is 13.1. The van der Waals surface area contributed by atoms with Gasteiger partial charge < -0.3 is 4.90 Å². The van der Waals surface area contributed by atoms with Gasteiger partial charge in [0.15, 0.2) is 0 Å². The number of pyridine rings is 1. The van der Waals surface area contributed by atoms with Crippen molar-refractivity contribution in [2.75, 3.05) is 9.80 Å². The molecule has 3 nitrogen and oxygen atoms in total. The molecule has 0 N–H and O–H groups in total. The summed E-state index contributed by atoms with van der Waals surface area (Å²) < 4.78 is 0. The lowest BCUT2D eigenvalue weighted by molar-refractivity contribution is 0.660. The van der Waals surface area contributed by atoms with Gasteiger partial charge in [-0.1, -0.05) is 123 Å². The van der Waals surface area contributed by atoms with E-state index in [-0.39, 0.29) is 5.41 Å². The molecule has 0 fully saturated rings. The fourth-order valence-electron chi connectivity index (χ4n) is 9.86. The van der Waals surface area contributed by atoms with E-state index in [1.54, 1.807) is 0 Å². The minimum Gasteiger partial charge on any atom is -0.310 e. The number of nitrogens with zero attached hydrogens (tertiary/aromatic N) is 3. The van der Waals surface area contributed by atoms with Gasteiger partial charge >= 0.3 is 0 Å². The van der Waals surface area contributed by atoms with E-state index in [1.165, 1.54) is 82.2 Å². The molecule has 9 aromatic carbocycles. The maximum atomic E-state index is 4.94. The molecule has 1 aromatic heterocycles. The van der Waals surface area contributed by atoms with Gasteiger partial charge in [0.2, 0.25) is 0 Å². The van der Waals surface area contributed by atoms with Crippen LogP contribution in [0.3, 0.4) is 0 Å². The molecule has 272 valence electrons. The second kappa shape index (κ2) is 12.5. The molecule has 1 aliphatic rings. The molecule has 0 amide bonds. The molecular formula is C54H41N3. The Bertz CT molecular complexity index is 3130. The third-order valence-electron chi connectivity index (χ3n) is 12.5. The summed E-state index contributed by atoms with van der Waals surface area (Å²) in [5.41, 5.74) is 13.4. The van der Waals surface area contributed by atoms with Crippen molar-refractivity contribution in [3.63, 3.8) is 0 Å². The van der Waals surface area contributed by atoms with E-state index in [1.807, 2.05) is 12.3 Å². The Morgan fingerprint density at radius 2 is 0.930 bits per heavy atom. The monoisotopic (exact) mass is 731 g/mol. The molecule has 1 heterocycles. The minimum absolute atomic E-state index is 0.123. The number of para-hydroxylation sites is 2. The largest absolute Gasteiger partial charge is 0.310 e. The predicted octanol–water partition coefficient (Wildman–Crippen LogP) is 15.0. The Balaban J connectivity index is 1.27. The number of hydrogen-bond donors (Lipinski definition) is 0. The lowest BCUT2D eigenvalue weighted by atomic mass is 9.82. The van der Waals surface area contributed by atoms with E-state index in [0.29, 0.717) is 0 Å². The highest BCUT2D eigenvalue weighted by atomic mass is 15.2. The van der Waals surface area contributed by atoms with Crippen LogP contribution in [0.25, 0.3) is 54.2 Å². The van der Waals surface area contributed by atoms with Crippen molar-refractivity contribution in [3.8, 4) is 11.1 Å². The van der Waals surface area contributed by atoms with Crippen LogP contribution in [0.2, 0.25) is 0 Å². The average Bonchev–Trinajstić information content (AvgIpc) is 3.48. The highest BCUT2D eigenvalue weighted by Gasteiger charge is 2.36. The number of hydrogen-bond acceptors (Lipinski definition) is 3. The Morgan fingerprint density at radius 1 is 0.404 bits per heavy atom. The third-order valence-corrected chi connectivity index (χ3v) is 12.5. The van der Waals surface area contributed by atoms with Crippen LogP contribution < -0.4 is 9.80 Å². The summed E-state index contributed by atoms with van der Waals surface area (Å²) in [4.78, 5) is 9.77. The third kappa shape index (κ3) is 4.88. The second-order valence-electron chi connectivity index (χ2n) is 16.1. The molecule has 0 aliphatic heterocycles. The lowest BCUT2D eigenvalue weighted by Gasteiger charge is -2.32. The Labute approximate surface area is 333 Å². The molecule has 10 aromatic rings. The van der Waals surface area contributed by atoms with Gasteiger partial charge in [-0.2, -0.15) is 0 Å². The van der Waals surface area contributed by atoms with Gasteiger partial charge in [0.25, 0.3) is 0 Å². The van der Waals surface area contributed by atoms with Gasteiger partial charge in [0.1, 0.15) is 5.82 Å². The Kier molecular flexibility index (Phi) is 7.33.